The molecule has 0 atom stereocenters. The van der Waals surface area contributed by atoms with Gasteiger partial charge in [0, 0.05) is 19.1 Å². The number of nitrogens with zero attached hydrogens (tertiary/aromatic N) is 1. The number of imidazole rings is 1. The molecule has 0 aromatic carbocycles. The molecule has 4 nitrogen and oxygen atoms in total. The molecule has 0 bridgehead atoms. The number of hydrogen-bond acceptors (Lipinski definition) is 3. The van der Waals surface area contributed by atoms with Crippen molar-refractivity contribution in [2.45, 2.75) is 32.1 Å². The van der Waals surface area contributed by atoms with E-state index in [-0.39, 0.29) is 5.88 Å². The highest BCUT2D eigenvalue weighted by molar-refractivity contribution is 5.21. The molecule has 0 amide bonds. The van der Waals surface area contributed by atoms with Crippen molar-refractivity contribution in [2.75, 3.05) is 13.2 Å². The fourth-order valence-electron chi connectivity index (χ4n) is 1.83. The third-order valence-electron chi connectivity index (χ3n) is 2.74. The Labute approximate surface area is 83.3 Å². The maximum absolute atomic E-state index is 9.49. The first-order valence-electron chi connectivity index (χ1n) is 5.16. The zero-order valence-corrected chi connectivity index (χ0v) is 8.42. The fraction of sp³-hybridized carbons (Fsp3) is 0.700. The largest absolute Gasteiger partial charge is 0.492 e. The van der Waals surface area contributed by atoms with Gasteiger partial charge < -0.3 is 14.8 Å². The molecule has 0 saturated carbocycles. The Kier molecular flexibility index (Phi) is 2.72. The number of hydrogen-bond donors (Lipinski definition) is 2. The zero-order valence-electron chi connectivity index (χ0n) is 8.42. The second-order valence-electron chi connectivity index (χ2n) is 3.66. The summed E-state index contributed by atoms with van der Waals surface area (Å²) in [6.45, 7) is 3.60. The van der Waals surface area contributed by atoms with Crippen molar-refractivity contribution in [2.24, 2.45) is 0 Å². The summed E-state index contributed by atoms with van der Waals surface area (Å²) in [5.74, 6) is 1.51. The Morgan fingerprint density at radius 3 is 2.79 bits per heavy atom. The summed E-state index contributed by atoms with van der Waals surface area (Å²) in [4.78, 5) is 7.33. The van der Waals surface area contributed by atoms with E-state index in [1.54, 1.807) is 0 Å². The Hall–Kier alpha value is -1.03. The molecule has 2 N–H and O–H groups in total. The van der Waals surface area contributed by atoms with Crippen molar-refractivity contribution in [3.8, 4) is 5.88 Å². The smallest absolute Gasteiger partial charge is 0.232 e. The molecule has 1 aliphatic rings. The second kappa shape index (κ2) is 4.00. The lowest BCUT2D eigenvalue weighted by Gasteiger charge is -2.19. The molecule has 0 radical (unpaired) electrons. The minimum absolute atomic E-state index is 0.161. The predicted octanol–water partition coefficient (Wildman–Crippen LogP) is 1.57. The van der Waals surface area contributed by atoms with E-state index >= 15 is 0 Å². The van der Waals surface area contributed by atoms with Crippen LogP contribution in [0.4, 0.5) is 0 Å². The molecule has 2 rings (SSSR count). The standard InChI is InChI=1S/C10H16N2O2/c1-2-8-10(13)12-9(11-8)7-3-5-14-6-4-7/h7,13H,2-6H2,1H3,(H,11,12). The van der Waals surface area contributed by atoms with Gasteiger partial charge in [0.05, 0.1) is 5.69 Å². The number of aromatic hydroxyl groups is 1. The van der Waals surface area contributed by atoms with Gasteiger partial charge in [-0.3, -0.25) is 0 Å². The van der Waals surface area contributed by atoms with Crippen LogP contribution >= 0.6 is 0 Å². The summed E-state index contributed by atoms with van der Waals surface area (Å²) in [7, 11) is 0. The maximum atomic E-state index is 9.49. The van der Waals surface area contributed by atoms with Crippen LogP contribution in [0.5, 0.6) is 5.88 Å². The molecular formula is C10H16N2O2. The van der Waals surface area contributed by atoms with Crippen LogP contribution in [0, 0.1) is 0 Å². The number of aromatic amines is 1. The van der Waals surface area contributed by atoms with Crippen LogP contribution in [0.25, 0.3) is 0 Å². The number of nitrogens with one attached hydrogen (secondary N) is 1. The third-order valence-corrected chi connectivity index (χ3v) is 2.74. The Bertz CT molecular complexity index is 303. The SMILES string of the molecule is CCc1[nH]c(C2CCOCC2)nc1O. The van der Waals surface area contributed by atoms with E-state index in [1.165, 1.54) is 0 Å². The third kappa shape index (κ3) is 1.75. The first kappa shape index (κ1) is 9.52. The van der Waals surface area contributed by atoms with Gasteiger partial charge in [-0.15, -0.1) is 0 Å². The van der Waals surface area contributed by atoms with Crippen molar-refractivity contribution < 1.29 is 9.84 Å². The van der Waals surface area contributed by atoms with Crippen molar-refractivity contribution in [1.29, 1.82) is 0 Å². The van der Waals surface area contributed by atoms with Crippen molar-refractivity contribution in [3.63, 3.8) is 0 Å². The van der Waals surface area contributed by atoms with Crippen molar-refractivity contribution in [3.05, 3.63) is 11.5 Å². The molecule has 0 unspecified atom stereocenters. The van der Waals surface area contributed by atoms with Gasteiger partial charge in [-0.1, -0.05) is 6.92 Å². The Morgan fingerprint density at radius 2 is 2.21 bits per heavy atom. The summed E-state index contributed by atoms with van der Waals surface area (Å²) < 4.78 is 5.28. The molecule has 0 aliphatic carbocycles. The van der Waals surface area contributed by atoms with E-state index in [0.29, 0.717) is 5.92 Å². The number of aromatic nitrogens is 2. The topological polar surface area (TPSA) is 58.1 Å². The minimum Gasteiger partial charge on any atom is -0.492 e. The van der Waals surface area contributed by atoms with E-state index in [4.69, 9.17) is 4.74 Å². The van der Waals surface area contributed by atoms with E-state index in [1.807, 2.05) is 6.92 Å². The number of rotatable bonds is 2. The first-order valence-corrected chi connectivity index (χ1v) is 5.16. The van der Waals surface area contributed by atoms with Crippen LogP contribution in [-0.4, -0.2) is 28.3 Å². The molecule has 0 spiro atoms. The minimum atomic E-state index is 0.161. The summed E-state index contributed by atoms with van der Waals surface area (Å²) in [6, 6.07) is 0. The molecule has 1 fully saturated rings. The molecule has 14 heavy (non-hydrogen) atoms. The van der Waals surface area contributed by atoms with E-state index in [2.05, 4.69) is 9.97 Å². The quantitative estimate of drug-likeness (QED) is 0.754. The monoisotopic (exact) mass is 196 g/mol. The molecule has 2 heterocycles. The average molecular weight is 196 g/mol. The van der Waals surface area contributed by atoms with Crippen LogP contribution < -0.4 is 0 Å². The number of aryl methyl sites for hydroxylation is 1. The van der Waals surface area contributed by atoms with Crippen LogP contribution in [0.15, 0.2) is 0 Å². The Morgan fingerprint density at radius 1 is 1.50 bits per heavy atom. The summed E-state index contributed by atoms with van der Waals surface area (Å²) >= 11 is 0. The second-order valence-corrected chi connectivity index (χ2v) is 3.66. The van der Waals surface area contributed by atoms with Crippen molar-refractivity contribution in [1.82, 2.24) is 9.97 Å². The molecule has 1 aromatic heterocycles. The molecule has 1 aliphatic heterocycles. The average Bonchev–Trinajstić information content (AvgIpc) is 2.61. The van der Waals surface area contributed by atoms with E-state index in [0.717, 1.165) is 44.0 Å². The molecule has 1 aromatic rings. The molecule has 78 valence electrons. The fourth-order valence-corrected chi connectivity index (χ4v) is 1.83. The lowest BCUT2D eigenvalue weighted by molar-refractivity contribution is 0.0837. The van der Waals surface area contributed by atoms with Gasteiger partial charge in [0.2, 0.25) is 5.88 Å². The lowest BCUT2D eigenvalue weighted by atomic mass is 10.00. The van der Waals surface area contributed by atoms with Crippen molar-refractivity contribution >= 4 is 0 Å². The predicted molar refractivity (Wildman–Crippen MR) is 52.4 cm³/mol. The highest BCUT2D eigenvalue weighted by Gasteiger charge is 2.20. The highest BCUT2D eigenvalue weighted by atomic mass is 16.5. The van der Waals surface area contributed by atoms with Crippen LogP contribution in [0.2, 0.25) is 0 Å². The summed E-state index contributed by atoms with van der Waals surface area (Å²) in [5.41, 5.74) is 0.839. The first-order chi connectivity index (χ1) is 6.81. The number of H-pyrrole nitrogens is 1. The summed E-state index contributed by atoms with van der Waals surface area (Å²) in [5, 5.41) is 9.49. The zero-order chi connectivity index (χ0) is 9.97. The highest BCUT2D eigenvalue weighted by Crippen LogP contribution is 2.27. The number of ether oxygens (including phenoxy) is 1. The lowest BCUT2D eigenvalue weighted by Crippen LogP contribution is -2.15. The van der Waals surface area contributed by atoms with Crippen LogP contribution in [-0.2, 0) is 11.2 Å². The normalized spacial score (nSPS) is 18.6. The molecular weight excluding hydrogens is 180 g/mol. The van der Waals surface area contributed by atoms with Gasteiger partial charge >= 0.3 is 0 Å². The van der Waals surface area contributed by atoms with E-state index < -0.39 is 0 Å². The summed E-state index contributed by atoms with van der Waals surface area (Å²) in [6.07, 6.45) is 2.79. The van der Waals surface area contributed by atoms with Gasteiger partial charge in [-0.05, 0) is 19.3 Å². The molecule has 4 heteroatoms. The molecule has 1 saturated heterocycles. The van der Waals surface area contributed by atoms with Gasteiger partial charge in [-0.2, -0.15) is 4.98 Å². The van der Waals surface area contributed by atoms with Gasteiger partial charge in [0.25, 0.3) is 0 Å². The van der Waals surface area contributed by atoms with E-state index in [9.17, 15) is 5.11 Å². The van der Waals surface area contributed by atoms with Gasteiger partial charge in [-0.25, -0.2) is 0 Å². The van der Waals surface area contributed by atoms with Gasteiger partial charge in [0.15, 0.2) is 0 Å². The van der Waals surface area contributed by atoms with Crippen LogP contribution in [0.1, 0.15) is 37.2 Å². The van der Waals surface area contributed by atoms with Crippen LogP contribution in [0.3, 0.4) is 0 Å². The maximum Gasteiger partial charge on any atom is 0.232 e. The van der Waals surface area contributed by atoms with Gasteiger partial charge in [0.1, 0.15) is 5.82 Å². The Balaban J connectivity index is 2.14.